The fraction of sp³-hybridized carbons (Fsp3) is 0.600. The third-order valence-corrected chi connectivity index (χ3v) is 3.30. The minimum Gasteiger partial charge on any atom is -0.496 e. The summed E-state index contributed by atoms with van der Waals surface area (Å²) in [5.41, 5.74) is 9.92. The smallest absolute Gasteiger partial charge is 0.122 e. The van der Waals surface area contributed by atoms with Crippen molar-refractivity contribution in [2.24, 2.45) is 5.73 Å². The number of hydrogen-bond acceptors (Lipinski definition) is 2. The van der Waals surface area contributed by atoms with Gasteiger partial charge in [-0.1, -0.05) is 32.3 Å². The molecular weight excluding hydrogens is 210 g/mol. The number of nitrogens with two attached hydrogens (primary N) is 1. The van der Waals surface area contributed by atoms with E-state index in [4.69, 9.17) is 10.5 Å². The minimum absolute atomic E-state index is 0.158. The van der Waals surface area contributed by atoms with Gasteiger partial charge in [-0.05, 0) is 43.0 Å². The second kappa shape index (κ2) is 6.65. The van der Waals surface area contributed by atoms with E-state index in [0.29, 0.717) is 0 Å². The molecule has 0 aromatic heterocycles. The predicted molar refractivity (Wildman–Crippen MR) is 73.5 cm³/mol. The fourth-order valence-corrected chi connectivity index (χ4v) is 2.20. The van der Waals surface area contributed by atoms with Crippen LogP contribution in [0.4, 0.5) is 0 Å². The summed E-state index contributed by atoms with van der Waals surface area (Å²) in [6.07, 6.45) is 4.79. The topological polar surface area (TPSA) is 35.2 Å². The van der Waals surface area contributed by atoms with Crippen molar-refractivity contribution < 1.29 is 4.74 Å². The van der Waals surface area contributed by atoms with Crippen LogP contribution in [-0.4, -0.2) is 7.11 Å². The number of methoxy groups -OCH3 is 1. The molecule has 1 unspecified atom stereocenters. The third-order valence-electron chi connectivity index (χ3n) is 3.30. The van der Waals surface area contributed by atoms with Crippen LogP contribution in [0.5, 0.6) is 5.75 Å². The summed E-state index contributed by atoms with van der Waals surface area (Å²) in [4.78, 5) is 0. The van der Waals surface area contributed by atoms with Gasteiger partial charge in [-0.25, -0.2) is 0 Å². The lowest BCUT2D eigenvalue weighted by Gasteiger charge is -2.17. The number of rotatable bonds is 6. The largest absolute Gasteiger partial charge is 0.496 e. The molecule has 0 radical (unpaired) electrons. The molecule has 2 nitrogen and oxygen atoms in total. The summed E-state index contributed by atoms with van der Waals surface area (Å²) in [6, 6.07) is 4.42. The molecule has 0 heterocycles. The standard InChI is InChI=1S/C15H25NO/c1-5-6-7-8-14(16)13-9-12(3)15(17-4)10-11(13)2/h9-10,14H,5-8,16H2,1-4H3. The maximum atomic E-state index is 6.26. The van der Waals surface area contributed by atoms with Gasteiger partial charge in [-0.3, -0.25) is 0 Å². The zero-order valence-electron chi connectivity index (χ0n) is 11.5. The number of ether oxygens (including phenoxy) is 1. The summed E-state index contributed by atoms with van der Waals surface area (Å²) in [5.74, 6) is 0.951. The monoisotopic (exact) mass is 235 g/mol. The van der Waals surface area contributed by atoms with Gasteiger partial charge in [0.2, 0.25) is 0 Å². The van der Waals surface area contributed by atoms with E-state index in [1.165, 1.54) is 36.0 Å². The van der Waals surface area contributed by atoms with Gasteiger partial charge in [0.05, 0.1) is 7.11 Å². The molecule has 1 aromatic carbocycles. The fourth-order valence-electron chi connectivity index (χ4n) is 2.20. The molecule has 2 N–H and O–H groups in total. The molecule has 96 valence electrons. The van der Waals surface area contributed by atoms with Crippen molar-refractivity contribution in [3.05, 3.63) is 28.8 Å². The molecule has 1 rings (SSSR count). The van der Waals surface area contributed by atoms with Crippen LogP contribution in [0, 0.1) is 13.8 Å². The predicted octanol–water partition coefficient (Wildman–Crippen LogP) is 3.89. The summed E-state index contributed by atoms with van der Waals surface area (Å²) in [6.45, 7) is 6.39. The quantitative estimate of drug-likeness (QED) is 0.759. The normalized spacial score (nSPS) is 12.5. The molecule has 0 saturated heterocycles. The number of hydrogen-bond donors (Lipinski definition) is 1. The number of aryl methyl sites for hydroxylation is 2. The summed E-state index contributed by atoms with van der Waals surface area (Å²) >= 11 is 0. The highest BCUT2D eigenvalue weighted by Crippen LogP contribution is 2.27. The molecule has 0 aliphatic heterocycles. The van der Waals surface area contributed by atoms with Gasteiger partial charge in [-0.15, -0.1) is 0 Å². The van der Waals surface area contributed by atoms with Crippen LogP contribution in [0.15, 0.2) is 12.1 Å². The van der Waals surface area contributed by atoms with Crippen LogP contribution in [0.1, 0.15) is 55.3 Å². The highest BCUT2D eigenvalue weighted by molar-refractivity contribution is 5.42. The van der Waals surface area contributed by atoms with Crippen LogP contribution in [0.25, 0.3) is 0 Å². The lowest BCUT2D eigenvalue weighted by atomic mass is 9.95. The molecule has 0 amide bonds. The molecule has 0 bridgehead atoms. The lowest BCUT2D eigenvalue weighted by molar-refractivity contribution is 0.411. The number of unbranched alkanes of at least 4 members (excludes halogenated alkanes) is 2. The zero-order valence-corrected chi connectivity index (χ0v) is 11.5. The summed E-state index contributed by atoms with van der Waals surface area (Å²) in [5, 5.41) is 0. The van der Waals surface area contributed by atoms with E-state index in [1.807, 2.05) is 0 Å². The van der Waals surface area contributed by atoms with E-state index in [0.717, 1.165) is 12.2 Å². The first-order chi connectivity index (χ1) is 8.10. The molecule has 1 aromatic rings. The maximum absolute atomic E-state index is 6.26. The highest BCUT2D eigenvalue weighted by atomic mass is 16.5. The van der Waals surface area contributed by atoms with Crippen molar-refractivity contribution in [1.82, 2.24) is 0 Å². The first-order valence-corrected chi connectivity index (χ1v) is 6.50. The van der Waals surface area contributed by atoms with Crippen molar-refractivity contribution in [3.8, 4) is 5.75 Å². The molecule has 0 fully saturated rings. The Morgan fingerprint density at radius 1 is 1.18 bits per heavy atom. The van der Waals surface area contributed by atoms with Gasteiger partial charge < -0.3 is 10.5 Å². The van der Waals surface area contributed by atoms with Gasteiger partial charge in [-0.2, -0.15) is 0 Å². The van der Waals surface area contributed by atoms with Crippen LogP contribution in [0.2, 0.25) is 0 Å². The van der Waals surface area contributed by atoms with Crippen molar-refractivity contribution in [3.63, 3.8) is 0 Å². The summed E-state index contributed by atoms with van der Waals surface area (Å²) < 4.78 is 5.32. The van der Waals surface area contributed by atoms with Gasteiger partial charge in [0.25, 0.3) is 0 Å². The van der Waals surface area contributed by atoms with E-state index in [2.05, 4.69) is 32.9 Å². The van der Waals surface area contributed by atoms with Crippen LogP contribution < -0.4 is 10.5 Å². The van der Waals surface area contributed by atoms with Gasteiger partial charge in [0, 0.05) is 6.04 Å². The van der Waals surface area contributed by atoms with E-state index >= 15 is 0 Å². The Balaban J connectivity index is 2.79. The van der Waals surface area contributed by atoms with Crippen LogP contribution >= 0.6 is 0 Å². The minimum atomic E-state index is 0.158. The van der Waals surface area contributed by atoms with E-state index < -0.39 is 0 Å². The first-order valence-electron chi connectivity index (χ1n) is 6.50. The number of benzene rings is 1. The second-order valence-electron chi connectivity index (χ2n) is 4.78. The Kier molecular flexibility index (Phi) is 5.49. The van der Waals surface area contributed by atoms with Gasteiger partial charge in [0.15, 0.2) is 0 Å². The Labute approximate surface area is 105 Å². The molecule has 0 saturated carbocycles. The van der Waals surface area contributed by atoms with E-state index in [1.54, 1.807) is 7.11 Å². The average molecular weight is 235 g/mol. The van der Waals surface area contributed by atoms with Crippen molar-refractivity contribution in [2.75, 3.05) is 7.11 Å². The molecule has 2 heteroatoms. The molecular formula is C15H25NO. The Bertz CT molecular complexity index is 360. The van der Waals surface area contributed by atoms with Crippen LogP contribution in [-0.2, 0) is 0 Å². The van der Waals surface area contributed by atoms with Gasteiger partial charge in [0.1, 0.15) is 5.75 Å². The molecule has 17 heavy (non-hydrogen) atoms. The van der Waals surface area contributed by atoms with Crippen LogP contribution in [0.3, 0.4) is 0 Å². The van der Waals surface area contributed by atoms with Crippen molar-refractivity contribution >= 4 is 0 Å². The average Bonchev–Trinajstić information content (AvgIpc) is 2.31. The summed E-state index contributed by atoms with van der Waals surface area (Å²) in [7, 11) is 1.71. The zero-order chi connectivity index (χ0) is 12.8. The van der Waals surface area contributed by atoms with E-state index in [9.17, 15) is 0 Å². The second-order valence-corrected chi connectivity index (χ2v) is 4.78. The highest BCUT2D eigenvalue weighted by Gasteiger charge is 2.11. The van der Waals surface area contributed by atoms with Gasteiger partial charge >= 0.3 is 0 Å². The Morgan fingerprint density at radius 2 is 1.88 bits per heavy atom. The lowest BCUT2D eigenvalue weighted by Crippen LogP contribution is -2.12. The Morgan fingerprint density at radius 3 is 2.47 bits per heavy atom. The molecule has 0 spiro atoms. The maximum Gasteiger partial charge on any atom is 0.122 e. The molecule has 1 atom stereocenters. The SMILES string of the molecule is CCCCCC(N)c1cc(C)c(OC)cc1C. The van der Waals surface area contributed by atoms with E-state index in [-0.39, 0.29) is 6.04 Å². The Hall–Kier alpha value is -1.02. The third kappa shape index (κ3) is 3.74. The molecule has 0 aliphatic carbocycles. The van der Waals surface area contributed by atoms with Crippen molar-refractivity contribution in [1.29, 1.82) is 0 Å². The molecule has 0 aliphatic rings. The first kappa shape index (κ1) is 14.0. The van der Waals surface area contributed by atoms with Crippen molar-refractivity contribution in [2.45, 2.75) is 52.5 Å².